The minimum atomic E-state index is -0.108. The quantitative estimate of drug-likeness (QED) is 0.248. The predicted octanol–water partition coefficient (Wildman–Crippen LogP) is 6.50. The Bertz CT molecular complexity index is 1650. The van der Waals surface area contributed by atoms with E-state index in [2.05, 4.69) is 72.3 Å². The van der Waals surface area contributed by atoms with Gasteiger partial charge in [0.2, 0.25) is 0 Å². The molecular formula is C31H32N4OS. The molecule has 188 valence electrons. The molecule has 0 unspecified atom stereocenters. The molecule has 0 N–H and O–H groups in total. The van der Waals surface area contributed by atoms with Crippen molar-refractivity contribution in [1.82, 2.24) is 13.9 Å². The average molecular weight is 509 g/mol. The van der Waals surface area contributed by atoms with Crippen molar-refractivity contribution >= 4 is 17.0 Å². The number of para-hydroxylation sites is 1. The zero-order valence-electron chi connectivity index (χ0n) is 21.8. The van der Waals surface area contributed by atoms with Gasteiger partial charge in [0.05, 0.1) is 17.1 Å². The third-order valence-electron chi connectivity index (χ3n) is 7.02. The Morgan fingerprint density at radius 1 is 0.865 bits per heavy atom. The number of benzene rings is 3. The van der Waals surface area contributed by atoms with Crippen LogP contribution in [0.25, 0.3) is 16.9 Å². The summed E-state index contributed by atoms with van der Waals surface area (Å²) >= 11 is 1.59. The first-order valence-electron chi connectivity index (χ1n) is 12.6. The molecular weight excluding hydrogens is 476 g/mol. The van der Waals surface area contributed by atoms with E-state index in [1.165, 1.54) is 22.3 Å². The van der Waals surface area contributed by atoms with Crippen LogP contribution in [-0.4, -0.2) is 13.9 Å². The van der Waals surface area contributed by atoms with Crippen molar-refractivity contribution in [2.75, 3.05) is 0 Å². The van der Waals surface area contributed by atoms with E-state index in [1.807, 2.05) is 49.0 Å². The van der Waals surface area contributed by atoms with Gasteiger partial charge in [0, 0.05) is 19.0 Å². The fraction of sp³-hybridized carbons (Fsp3) is 0.226. The molecule has 5 aromatic rings. The van der Waals surface area contributed by atoms with Crippen LogP contribution in [0.4, 0.5) is 5.69 Å². The van der Waals surface area contributed by atoms with Gasteiger partial charge >= 0.3 is 0 Å². The van der Waals surface area contributed by atoms with Crippen LogP contribution >= 0.6 is 11.3 Å². The van der Waals surface area contributed by atoms with Crippen LogP contribution in [0, 0.1) is 20.8 Å². The third kappa shape index (κ3) is 5.02. The topological polar surface area (TPSA) is 44.2 Å². The molecule has 0 atom stereocenters. The van der Waals surface area contributed by atoms with Gasteiger partial charge in [-0.15, -0.1) is 11.3 Å². The highest BCUT2D eigenvalue weighted by atomic mass is 32.1. The summed E-state index contributed by atoms with van der Waals surface area (Å²) in [5.41, 5.74) is 8.23. The molecule has 3 aromatic carbocycles. The van der Waals surface area contributed by atoms with Gasteiger partial charge in [0.15, 0.2) is 10.5 Å². The molecule has 0 aliphatic rings. The Kier molecular flexibility index (Phi) is 7.10. The second-order valence-corrected chi connectivity index (χ2v) is 10.3. The molecule has 2 heterocycles. The van der Waals surface area contributed by atoms with Crippen molar-refractivity contribution in [3.8, 4) is 16.9 Å². The van der Waals surface area contributed by atoms with Crippen molar-refractivity contribution in [2.24, 2.45) is 12.0 Å². The summed E-state index contributed by atoms with van der Waals surface area (Å²) in [6, 6.07) is 26.9. The maximum absolute atomic E-state index is 13.5. The molecule has 0 radical (unpaired) electrons. The first-order valence-corrected chi connectivity index (χ1v) is 13.5. The van der Waals surface area contributed by atoms with Crippen molar-refractivity contribution in [2.45, 2.75) is 40.2 Å². The summed E-state index contributed by atoms with van der Waals surface area (Å²) in [4.78, 5) is 19.4. The van der Waals surface area contributed by atoms with Gasteiger partial charge in [0.25, 0.3) is 5.56 Å². The van der Waals surface area contributed by atoms with Crippen molar-refractivity contribution in [1.29, 1.82) is 0 Å². The Labute approximate surface area is 221 Å². The maximum atomic E-state index is 13.5. The van der Waals surface area contributed by atoms with Crippen molar-refractivity contribution < 1.29 is 0 Å². The van der Waals surface area contributed by atoms with Crippen LogP contribution in [-0.2, 0) is 20.0 Å². The molecule has 0 aliphatic heterocycles. The Balaban J connectivity index is 1.60. The molecule has 2 aromatic heterocycles. The standard InChI is InChI=1S/C31H32N4OS/c1-22-17-18-26(20-23(22)2)28-21-37-31(34(28)19-11-14-25-12-7-5-8-13-25)32-29-24(3)33(4)35(30(29)36)27-15-9-6-10-16-27/h5-10,12-13,15-18,20-21H,11,14,19H2,1-4H3. The molecule has 6 heteroatoms. The first kappa shape index (κ1) is 24.8. The fourth-order valence-corrected chi connectivity index (χ4v) is 5.57. The van der Waals surface area contributed by atoms with E-state index in [-0.39, 0.29) is 5.56 Å². The lowest BCUT2D eigenvalue weighted by atomic mass is 10.0. The van der Waals surface area contributed by atoms with Crippen molar-refractivity contribution in [3.05, 3.63) is 122 Å². The zero-order chi connectivity index (χ0) is 25.9. The summed E-state index contributed by atoms with van der Waals surface area (Å²) in [7, 11) is 1.91. The molecule has 5 nitrogen and oxygen atoms in total. The lowest BCUT2D eigenvalue weighted by molar-refractivity contribution is 0.630. The second-order valence-electron chi connectivity index (χ2n) is 9.47. The number of rotatable bonds is 7. The van der Waals surface area contributed by atoms with Crippen LogP contribution in [0.5, 0.6) is 0 Å². The Morgan fingerprint density at radius 2 is 1.57 bits per heavy atom. The van der Waals surface area contributed by atoms with Gasteiger partial charge < -0.3 is 4.57 Å². The van der Waals surface area contributed by atoms with E-state index in [1.54, 1.807) is 16.0 Å². The summed E-state index contributed by atoms with van der Waals surface area (Å²) in [6.45, 7) is 7.06. The van der Waals surface area contributed by atoms with E-state index in [0.717, 1.165) is 41.3 Å². The lowest BCUT2D eigenvalue weighted by Gasteiger charge is -2.11. The monoisotopic (exact) mass is 508 g/mol. The number of hydrogen-bond acceptors (Lipinski definition) is 3. The molecule has 0 fully saturated rings. The molecule has 0 bridgehead atoms. The Morgan fingerprint density at radius 3 is 2.27 bits per heavy atom. The third-order valence-corrected chi connectivity index (χ3v) is 7.89. The summed E-state index contributed by atoms with van der Waals surface area (Å²) in [5, 5.41) is 2.17. The van der Waals surface area contributed by atoms with Gasteiger partial charge in [-0.25, -0.2) is 9.67 Å². The average Bonchev–Trinajstić information content (AvgIpc) is 3.40. The zero-order valence-corrected chi connectivity index (χ0v) is 22.6. The molecule has 0 saturated carbocycles. The number of aromatic nitrogens is 3. The number of thiazole rings is 1. The molecule has 0 aliphatic carbocycles. The van der Waals surface area contributed by atoms with E-state index in [9.17, 15) is 4.79 Å². The van der Waals surface area contributed by atoms with E-state index in [4.69, 9.17) is 4.99 Å². The fourth-order valence-electron chi connectivity index (χ4n) is 4.63. The van der Waals surface area contributed by atoms with Crippen LogP contribution in [0.3, 0.4) is 0 Å². The summed E-state index contributed by atoms with van der Waals surface area (Å²) in [5.74, 6) is 0. The van der Waals surface area contributed by atoms with Crippen LogP contribution < -0.4 is 10.4 Å². The number of nitrogens with zero attached hydrogens (tertiary/aromatic N) is 4. The van der Waals surface area contributed by atoms with Gasteiger partial charge in [-0.05, 0) is 74.1 Å². The largest absolute Gasteiger partial charge is 0.316 e. The molecule has 0 amide bonds. The molecule has 0 spiro atoms. The van der Waals surface area contributed by atoms with Gasteiger partial charge in [-0.2, -0.15) is 0 Å². The normalized spacial score (nSPS) is 11.8. The molecule has 37 heavy (non-hydrogen) atoms. The lowest BCUT2D eigenvalue weighted by Crippen LogP contribution is -2.20. The van der Waals surface area contributed by atoms with E-state index >= 15 is 0 Å². The highest BCUT2D eigenvalue weighted by Gasteiger charge is 2.17. The molecule has 0 saturated heterocycles. The smallest absolute Gasteiger partial charge is 0.297 e. The highest BCUT2D eigenvalue weighted by molar-refractivity contribution is 7.07. The van der Waals surface area contributed by atoms with E-state index in [0.29, 0.717) is 5.69 Å². The highest BCUT2D eigenvalue weighted by Crippen LogP contribution is 2.24. The summed E-state index contributed by atoms with van der Waals surface area (Å²) < 4.78 is 5.84. The van der Waals surface area contributed by atoms with Gasteiger partial charge in [-0.1, -0.05) is 60.7 Å². The van der Waals surface area contributed by atoms with Gasteiger partial charge in [-0.3, -0.25) is 9.48 Å². The van der Waals surface area contributed by atoms with Crippen molar-refractivity contribution in [3.63, 3.8) is 0 Å². The van der Waals surface area contributed by atoms with Crippen LogP contribution in [0.1, 0.15) is 28.8 Å². The number of hydrogen-bond donors (Lipinski definition) is 0. The minimum absolute atomic E-state index is 0.108. The minimum Gasteiger partial charge on any atom is -0.316 e. The summed E-state index contributed by atoms with van der Waals surface area (Å²) in [6.07, 6.45) is 1.97. The van der Waals surface area contributed by atoms with Crippen LogP contribution in [0.2, 0.25) is 0 Å². The predicted molar refractivity (Wildman–Crippen MR) is 153 cm³/mol. The number of aryl methyl sites for hydroxylation is 3. The van der Waals surface area contributed by atoms with Gasteiger partial charge in [0.1, 0.15) is 0 Å². The van der Waals surface area contributed by atoms with Crippen LogP contribution in [0.15, 0.2) is 94.0 Å². The van der Waals surface area contributed by atoms with E-state index < -0.39 is 0 Å². The SMILES string of the molecule is Cc1ccc(-c2csc(=Nc3c(C)n(C)n(-c4ccccc4)c3=O)n2CCCc2ccccc2)cc1C. The Hall–Kier alpha value is -3.90. The first-order chi connectivity index (χ1) is 17.9. The maximum Gasteiger partial charge on any atom is 0.297 e. The molecule has 5 rings (SSSR count). The second kappa shape index (κ2) is 10.6.